The molecule has 0 aliphatic carbocycles. The molecule has 1 fully saturated rings. The van der Waals surface area contributed by atoms with E-state index in [2.05, 4.69) is 55.6 Å². The van der Waals surface area contributed by atoms with E-state index in [9.17, 15) is 4.79 Å². The molecule has 100 valence electrons. The summed E-state index contributed by atoms with van der Waals surface area (Å²) in [5.74, 6) is 0.119. The zero-order valence-corrected chi connectivity index (χ0v) is 13.5. The maximum absolute atomic E-state index is 11.5. The fourth-order valence-corrected chi connectivity index (χ4v) is 3.35. The van der Waals surface area contributed by atoms with Gasteiger partial charge in [0.2, 0.25) is 5.91 Å². The van der Waals surface area contributed by atoms with Crippen molar-refractivity contribution in [3.8, 4) is 0 Å². The molecule has 1 rings (SSSR count). The lowest BCUT2D eigenvalue weighted by Gasteiger charge is -2.53. The van der Waals surface area contributed by atoms with Crippen LogP contribution >= 0.6 is 22.6 Å². The van der Waals surface area contributed by atoms with Crippen LogP contribution in [0.1, 0.15) is 40.5 Å². The van der Waals surface area contributed by atoms with Crippen LogP contribution in [0.3, 0.4) is 0 Å². The van der Waals surface area contributed by atoms with Gasteiger partial charge in [-0.05, 0) is 40.5 Å². The number of rotatable bonds is 3. The molecule has 0 bridgehead atoms. The average Bonchev–Trinajstić information content (AvgIpc) is 2.14. The van der Waals surface area contributed by atoms with E-state index in [1.165, 1.54) is 0 Å². The number of hydrogen-bond acceptors (Lipinski definition) is 3. The van der Waals surface area contributed by atoms with Gasteiger partial charge in [-0.15, -0.1) is 0 Å². The molecule has 0 atom stereocenters. The molecule has 17 heavy (non-hydrogen) atoms. The van der Waals surface area contributed by atoms with E-state index in [-0.39, 0.29) is 23.0 Å². The first-order chi connectivity index (χ1) is 7.73. The molecule has 1 aliphatic rings. The number of alkyl halides is 1. The molecular formula is C12H23IN2O2. The second-order valence-electron chi connectivity index (χ2n) is 5.91. The summed E-state index contributed by atoms with van der Waals surface area (Å²) in [5.41, 5.74) is -0.139. The van der Waals surface area contributed by atoms with Crippen molar-refractivity contribution < 1.29 is 9.63 Å². The molecule has 0 spiro atoms. The second kappa shape index (κ2) is 5.40. The second-order valence-corrected chi connectivity index (χ2v) is 6.67. The number of nitrogens with one attached hydrogen (secondary N) is 1. The van der Waals surface area contributed by atoms with Crippen molar-refractivity contribution in [1.82, 2.24) is 10.4 Å². The number of nitrogens with zero attached hydrogens (tertiary/aromatic N) is 1. The summed E-state index contributed by atoms with van der Waals surface area (Å²) >= 11 is 2.09. The third-order valence-corrected chi connectivity index (χ3v) is 3.95. The number of piperidine rings is 1. The fourth-order valence-electron chi connectivity index (χ4n) is 3.13. The molecule has 4 nitrogen and oxygen atoms in total. The van der Waals surface area contributed by atoms with Crippen LogP contribution in [0.4, 0.5) is 0 Å². The van der Waals surface area contributed by atoms with Crippen LogP contribution in [0.2, 0.25) is 0 Å². The number of halogens is 1. The molecule has 1 saturated heterocycles. The Labute approximate surface area is 118 Å². The first kappa shape index (κ1) is 15.2. The van der Waals surface area contributed by atoms with E-state index < -0.39 is 0 Å². The van der Waals surface area contributed by atoms with Crippen LogP contribution in [0.25, 0.3) is 0 Å². The standard InChI is InChI=1S/C12H23IN2O2/c1-11(2)6-9(14-10(16)8-13)7-12(3,4)15(11)17-5/h9H,6-8H2,1-5H3,(H,14,16). The van der Waals surface area contributed by atoms with Crippen LogP contribution in [0.15, 0.2) is 0 Å². The van der Waals surface area contributed by atoms with Crippen LogP contribution in [-0.4, -0.2) is 39.6 Å². The lowest BCUT2D eigenvalue weighted by atomic mass is 9.79. The zero-order valence-electron chi connectivity index (χ0n) is 11.3. The number of carbonyl (C=O) groups excluding carboxylic acids is 1. The van der Waals surface area contributed by atoms with E-state index in [1.54, 1.807) is 7.11 Å². The lowest BCUT2D eigenvalue weighted by molar-refractivity contribution is -0.267. The molecule has 0 aromatic carbocycles. The molecule has 1 heterocycles. The third kappa shape index (κ3) is 3.54. The third-order valence-electron chi connectivity index (χ3n) is 3.26. The van der Waals surface area contributed by atoms with Gasteiger partial charge in [-0.1, -0.05) is 22.6 Å². The largest absolute Gasteiger partial charge is 0.353 e. The Balaban J connectivity index is 2.80. The molecule has 1 aliphatic heterocycles. The SMILES string of the molecule is CON1C(C)(C)CC(NC(=O)CI)CC1(C)C. The minimum atomic E-state index is -0.0697. The quantitative estimate of drug-likeness (QED) is 0.624. The first-order valence-electron chi connectivity index (χ1n) is 5.93. The summed E-state index contributed by atoms with van der Waals surface area (Å²) < 4.78 is 0.517. The molecule has 1 amide bonds. The Morgan fingerprint density at radius 3 is 2.18 bits per heavy atom. The molecule has 0 saturated carbocycles. The van der Waals surface area contributed by atoms with Crippen molar-refractivity contribution in [2.45, 2.75) is 57.7 Å². The highest BCUT2D eigenvalue weighted by molar-refractivity contribution is 14.1. The van der Waals surface area contributed by atoms with E-state index in [1.807, 2.05) is 5.06 Å². The normalized spacial score (nSPS) is 24.6. The first-order valence-corrected chi connectivity index (χ1v) is 7.45. The van der Waals surface area contributed by atoms with Crippen LogP contribution in [-0.2, 0) is 9.63 Å². The van der Waals surface area contributed by atoms with Gasteiger partial charge in [0, 0.05) is 17.1 Å². The Bertz CT molecular complexity index is 274. The number of hydrogen-bond donors (Lipinski definition) is 1. The average molecular weight is 354 g/mol. The highest BCUT2D eigenvalue weighted by Gasteiger charge is 2.46. The molecule has 1 N–H and O–H groups in total. The Kier molecular flexibility index (Phi) is 4.82. The van der Waals surface area contributed by atoms with E-state index in [0.717, 1.165) is 12.8 Å². The van der Waals surface area contributed by atoms with Crippen molar-refractivity contribution in [2.24, 2.45) is 0 Å². The summed E-state index contributed by atoms with van der Waals surface area (Å²) in [5, 5.41) is 5.14. The Hall–Kier alpha value is 0.120. The molecule has 0 aromatic rings. The van der Waals surface area contributed by atoms with Gasteiger partial charge in [-0.3, -0.25) is 4.79 Å². The Morgan fingerprint density at radius 2 is 1.82 bits per heavy atom. The topological polar surface area (TPSA) is 41.6 Å². The van der Waals surface area contributed by atoms with Gasteiger partial charge >= 0.3 is 0 Å². The predicted molar refractivity (Wildman–Crippen MR) is 77.1 cm³/mol. The number of amides is 1. The highest BCUT2D eigenvalue weighted by Crippen LogP contribution is 2.38. The maximum Gasteiger partial charge on any atom is 0.230 e. The summed E-state index contributed by atoms with van der Waals surface area (Å²) in [4.78, 5) is 17.0. The summed E-state index contributed by atoms with van der Waals surface area (Å²) in [6.07, 6.45) is 1.82. The zero-order chi connectivity index (χ0) is 13.3. The van der Waals surface area contributed by atoms with Gasteiger partial charge in [0.25, 0.3) is 0 Å². The van der Waals surface area contributed by atoms with Crippen LogP contribution in [0.5, 0.6) is 0 Å². The van der Waals surface area contributed by atoms with Crippen molar-refractivity contribution in [1.29, 1.82) is 0 Å². The van der Waals surface area contributed by atoms with Gasteiger partial charge in [0.1, 0.15) is 0 Å². The molecular weight excluding hydrogens is 331 g/mol. The number of carbonyl (C=O) groups is 1. The van der Waals surface area contributed by atoms with Crippen molar-refractivity contribution >= 4 is 28.5 Å². The summed E-state index contributed by atoms with van der Waals surface area (Å²) in [7, 11) is 1.72. The van der Waals surface area contributed by atoms with Crippen molar-refractivity contribution in [3.63, 3.8) is 0 Å². The fraction of sp³-hybridized carbons (Fsp3) is 0.917. The van der Waals surface area contributed by atoms with E-state index >= 15 is 0 Å². The number of hydroxylamine groups is 2. The summed E-state index contributed by atoms with van der Waals surface area (Å²) in [6.45, 7) is 8.61. The van der Waals surface area contributed by atoms with E-state index in [0.29, 0.717) is 4.43 Å². The maximum atomic E-state index is 11.5. The molecule has 0 radical (unpaired) electrons. The van der Waals surface area contributed by atoms with Gasteiger partial charge < -0.3 is 10.2 Å². The van der Waals surface area contributed by atoms with Gasteiger partial charge in [0.05, 0.1) is 11.5 Å². The minimum absolute atomic E-state index is 0.0697. The van der Waals surface area contributed by atoms with E-state index in [4.69, 9.17) is 4.84 Å². The van der Waals surface area contributed by atoms with Gasteiger partial charge in [-0.2, -0.15) is 5.06 Å². The molecule has 5 heteroatoms. The van der Waals surface area contributed by atoms with Gasteiger partial charge in [-0.25, -0.2) is 0 Å². The van der Waals surface area contributed by atoms with Crippen molar-refractivity contribution in [3.05, 3.63) is 0 Å². The highest BCUT2D eigenvalue weighted by atomic mass is 127. The predicted octanol–water partition coefficient (Wildman–Crippen LogP) is 2.12. The lowest BCUT2D eigenvalue weighted by Crippen LogP contribution is -2.63. The van der Waals surface area contributed by atoms with Crippen molar-refractivity contribution in [2.75, 3.05) is 11.5 Å². The monoisotopic (exact) mass is 354 g/mol. The van der Waals surface area contributed by atoms with Gasteiger partial charge in [0.15, 0.2) is 0 Å². The van der Waals surface area contributed by atoms with Crippen LogP contribution < -0.4 is 5.32 Å². The summed E-state index contributed by atoms with van der Waals surface area (Å²) in [6, 6.07) is 0.230. The smallest absolute Gasteiger partial charge is 0.230 e. The minimum Gasteiger partial charge on any atom is -0.353 e. The molecule has 0 unspecified atom stereocenters. The Morgan fingerprint density at radius 1 is 1.35 bits per heavy atom. The van der Waals surface area contributed by atoms with Crippen LogP contribution in [0, 0.1) is 0 Å². The molecule has 0 aromatic heterocycles.